The van der Waals surface area contributed by atoms with Crippen LogP contribution < -0.4 is 0 Å². The third-order valence-corrected chi connectivity index (χ3v) is 5.05. The fourth-order valence-corrected chi connectivity index (χ4v) is 3.65. The van der Waals surface area contributed by atoms with Gasteiger partial charge in [-0.25, -0.2) is 18.1 Å². The van der Waals surface area contributed by atoms with E-state index in [1.165, 1.54) is 6.26 Å². The summed E-state index contributed by atoms with van der Waals surface area (Å²) < 4.78 is 31.8. The molecule has 0 N–H and O–H groups in total. The van der Waals surface area contributed by atoms with Gasteiger partial charge in [-0.2, -0.15) is 0 Å². The zero-order valence-electron chi connectivity index (χ0n) is 13.9. The molecule has 25 heavy (non-hydrogen) atoms. The molecule has 1 aromatic carbocycles. The fourth-order valence-electron chi connectivity index (χ4n) is 2.37. The van der Waals surface area contributed by atoms with Gasteiger partial charge >= 0.3 is 0 Å². The van der Waals surface area contributed by atoms with Crippen LogP contribution in [0, 0.1) is 0 Å². The first-order chi connectivity index (χ1) is 12.1. The van der Waals surface area contributed by atoms with Gasteiger partial charge in [0.1, 0.15) is 12.0 Å². The topological polar surface area (TPSA) is 104 Å². The van der Waals surface area contributed by atoms with Crippen molar-refractivity contribution in [2.24, 2.45) is 0 Å². The van der Waals surface area contributed by atoms with Gasteiger partial charge in [0.15, 0.2) is 15.7 Å². The minimum Gasteiger partial charge on any atom is -0.444 e. The number of nitrogens with zero attached hydrogens (tertiary/aromatic N) is 5. The van der Waals surface area contributed by atoms with Crippen LogP contribution in [-0.4, -0.2) is 33.6 Å². The van der Waals surface area contributed by atoms with E-state index in [4.69, 9.17) is 4.42 Å². The minimum atomic E-state index is -3.46. The second-order valence-corrected chi connectivity index (χ2v) is 7.78. The highest BCUT2D eigenvalue weighted by Gasteiger charge is 2.20. The molecule has 0 aliphatic carbocycles. The van der Waals surface area contributed by atoms with Crippen LogP contribution in [0.25, 0.3) is 11.5 Å². The summed E-state index contributed by atoms with van der Waals surface area (Å²) in [6, 6.07) is 9.33. The summed E-state index contributed by atoms with van der Waals surface area (Å²) in [6.45, 7) is 2.66. The monoisotopic (exact) mass is 361 g/mol. The Kier molecular flexibility index (Phi) is 5.22. The average Bonchev–Trinajstić information content (AvgIpc) is 3.22. The summed E-state index contributed by atoms with van der Waals surface area (Å²) >= 11 is 0. The van der Waals surface area contributed by atoms with E-state index in [2.05, 4.69) is 27.4 Å². The maximum Gasteiger partial charge on any atom is 0.226 e. The standard InChI is InChI=1S/C16H19N5O3S/c1-2-3-9-21-15(18-19-20-21)12-25(22,23)11-14-10-24-16(17-14)13-7-5-4-6-8-13/h4-8,10H,2-3,9,11-12H2,1H3. The van der Waals surface area contributed by atoms with Crippen LogP contribution in [0.5, 0.6) is 0 Å². The first-order valence-corrected chi connectivity index (χ1v) is 9.85. The molecule has 8 nitrogen and oxygen atoms in total. The predicted molar refractivity (Wildman–Crippen MR) is 91.0 cm³/mol. The van der Waals surface area contributed by atoms with Crippen LogP contribution in [0.15, 0.2) is 41.0 Å². The molecule has 0 amide bonds. The number of rotatable bonds is 8. The number of aryl methyl sites for hydroxylation is 1. The molecule has 0 spiro atoms. The Hall–Kier alpha value is -2.55. The molecule has 0 aliphatic heterocycles. The molecule has 0 saturated heterocycles. The predicted octanol–water partition coefficient (Wildman–Crippen LogP) is 2.24. The lowest BCUT2D eigenvalue weighted by molar-refractivity contribution is 0.535. The highest BCUT2D eigenvalue weighted by atomic mass is 32.2. The van der Waals surface area contributed by atoms with Crippen LogP contribution in [0.4, 0.5) is 0 Å². The zero-order chi connectivity index (χ0) is 17.7. The summed E-state index contributed by atoms with van der Waals surface area (Å²) in [4.78, 5) is 4.26. The number of sulfone groups is 1. The SMILES string of the molecule is CCCCn1nnnc1CS(=O)(=O)Cc1coc(-c2ccccc2)n1. The molecule has 3 rings (SSSR count). The van der Waals surface area contributed by atoms with Gasteiger partial charge in [-0.15, -0.1) is 5.10 Å². The molecule has 0 fully saturated rings. The smallest absolute Gasteiger partial charge is 0.226 e. The second-order valence-electron chi connectivity index (χ2n) is 5.71. The molecule has 3 aromatic rings. The third kappa shape index (κ3) is 4.50. The molecule has 0 aliphatic rings. The van der Waals surface area contributed by atoms with Crippen LogP contribution in [0.1, 0.15) is 31.3 Å². The number of unbranched alkanes of at least 4 members (excludes halogenated alkanes) is 1. The molecular formula is C16H19N5O3S. The van der Waals surface area contributed by atoms with Gasteiger partial charge in [-0.1, -0.05) is 31.5 Å². The van der Waals surface area contributed by atoms with E-state index in [1.54, 1.807) is 4.68 Å². The minimum absolute atomic E-state index is 0.218. The maximum absolute atomic E-state index is 12.4. The van der Waals surface area contributed by atoms with Crippen molar-refractivity contribution >= 4 is 9.84 Å². The first kappa shape index (κ1) is 17.3. The fraction of sp³-hybridized carbons (Fsp3) is 0.375. The summed E-state index contributed by atoms with van der Waals surface area (Å²) in [5, 5.41) is 11.2. The lowest BCUT2D eigenvalue weighted by Gasteiger charge is -2.04. The summed E-state index contributed by atoms with van der Waals surface area (Å²) in [5.41, 5.74) is 1.17. The average molecular weight is 361 g/mol. The molecule has 0 radical (unpaired) electrons. The van der Waals surface area contributed by atoms with E-state index < -0.39 is 9.84 Å². The Morgan fingerprint density at radius 2 is 1.96 bits per heavy atom. The van der Waals surface area contributed by atoms with E-state index in [-0.39, 0.29) is 11.5 Å². The van der Waals surface area contributed by atoms with Crippen LogP contribution in [-0.2, 0) is 27.9 Å². The van der Waals surface area contributed by atoms with Crippen LogP contribution in [0.3, 0.4) is 0 Å². The molecule has 9 heteroatoms. The largest absolute Gasteiger partial charge is 0.444 e. The van der Waals surface area contributed by atoms with Gasteiger partial charge in [0.05, 0.1) is 11.4 Å². The molecule has 0 bridgehead atoms. The van der Waals surface area contributed by atoms with Crippen molar-refractivity contribution in [2.45, 2.75) is 37.8 Å². The Balaban J connectivity index is 1.70. The number of tetrazole rings is 1. The molecular weight excluding hydrogens is 342 g/mol. The van der Waals surface area contributed by atoms with Crippen LogP contribution >= 0.6 is 0 Å². The molecule has 0 saturated carbocycles. The molecule has 2 aromatic heterocycles. The quantitative estimate of drug-likeness (QED) is 0.606. The Morgan fingerprint density at radius 3 is 2.72 bits per heavy atom. The Labute approximate surface area is 145 Å². The second kappa shape index (κ2) is 7.56. The highest BCUT2D eigenvalue weighted by molar-refractivity contribution is 7.89. The van der Waals surface area contributed by atoms with Crippen molar-refractivity contribution in [3.05, 3.63) is 48.1 Å². The zero-order valence-corrected chi connectivity index (χ0v) is 14.7. The van der Waals surface area contributed by atoms with E-state index in [1.807, 2.05) is 30.3 Å². The number of aromatic nitrogens is 5. The third-order valence-electron chi connectivity index (χ3n) is 3.62. The van der Waals surface area contributed by atoms with E-state index in [0.717, 1.165) is 18.4 Å². The van der Waals surface area contributed by atoms with Crippen molar-refractivity contribution in [2.75, 3.05) is 0 Å². The van der Waals surface area contributed by atoms with Gasteiger partial charge in [-0.3, -0.25) is 0 Å². The van der Waals surface area contributed by atoms with Crippen molar-refractivity contribution in [3.8, 4) is 11.5 Å². The summed E-state index contributed by atoms with van der Waals surface area (Å²) in [6.07, 6.45) is 3.25. The number of hydrogen-bond acceptors (Lipinski definition) is 7. The van der Waals surface area contributed by atoms with E-state index in [0.29, 0.717) is 24.0 Å². The van der Waals surface area contributed by atoms with E-state index >= 15 is 0 Å². The normalized spacial score (nSPS) is 11.7. The highest BCUT2D eigenvalue weighted by Crippen LogP contribution is 2.19. The van der Waals surface area contributed by atoms with Crippen LogP contribution in [0.2, 0.25) is 0 Å². The van der Waals surface area contributed by atoms with Crippen molar-refractivity contribution in [1.29, 1.82) is 0 Å². The van der Waals surface area contributed by atoms with Crippen molar-refractivity contribution < 1.29 is 12.8 Å². The van der Waals surface area contributed by atoms with Gasteiger partial charge in [0.2, 0.25) is 5.89 Å². The van der Waals surface area contributed by atoms with Gasteiger partial charge < -0.3 is 4.42 Å². The molecule has 0 unspecified atom stereocenters. The number of benzene rings is 1. The Morgan fingerprint density at radius 1 is 1.16 bits per heavy atom. The van der Waals surface area contributed by atoms with Gasteiger partial charge in [0.25, 0.3) is 0 Å². The summed E-state index contributed by atoms with van der Waals surface area (Å²) in [5.74, 6) is 0.306. The van der Waals surface area contributed by atoms with Gasteiger partial charge in [-0.05, 0) is 29.0 Å². The maximum atomic E-state index is 12.4. The first-order valence-electron chi connectivity index (χ1n) is 8.02. The number of hydrogen-bond donors (Lipinski definition) is 0. The Bertz CT molecular complexity index is 918. The lowest BCUT2D eigenvalue weighted by Crippen LogP contribution is -2.14. The van der Waals surface area contributed by atoms with Gasteiger partial charge in [0, 0.05) is 12.1 Å². The van der Waals surface area contributed by atoms with Crippen molar-refractivity contribution in [1.82, 2.24) is 25.2 Å². The molecule has 2 heterocycles. The van der Waals surface area contributed by atoms with E-state index in [9.17, 15) is 8.42 Å². The van der Waals surface area contributed by atoms with Crippen molar-refractivity contribution in [3.63, 3.8) is 0 Å². The molecule has 132 valence electrons. The molecule has 0 atom stereocenters. The number of oxazole rings is 1. The summed E-state index contributed by atoms with van der Waals surface area (Å²) in [7, 11) is -3.46. The lowest BCUT2D eigenvalue weighted by atomic mass is 10.2.